The molecular weight excluding hydrogens is 454 g/mol. The zero-order valence-corrected chi connectivity index (χ0v) is 20.7. The molecule has 0 bridgehead atoms. The van der Waals surface area contributed by atoms with Gasteiger partial charge in [-0.3, -0.25) is 4.79 Å². The van der Waals surface area contributed by atoms with Gasteiger partial charge in [0.1, 0.15) is 11.8 Å². The Morgan fingerprint density at radius 1 is 1.09 bits per heavy atom. The summed E-state index contributed by atoms with van der Waals surface area (Å²) in [6, 6.07) is 11.7. The Bertz CT molecular complexity index is 1110. The number of carbonyl (C=O) groups excluding carboxylic acids is 2. The van der Waals surface area contributed by atoms with Gasteiger partial charge in [-0.1, -0.05) is 50.3 Å². The predicted molar refractivity (Wildman–Crippen MR) is 136 cm³/mol. The van der Waals surface area contributed by atoms with Crippen molar-refractivity contribution >= 4 is 27.6 Å². The van der Waals surface area contributed by atoms with Crippen molar-refractivity contribution in [2.24, 2.45) is 5.92 Å². The zero-order chi connectivity index (χ0) is 24.7. The summed E-state index contributed by atoms with van der Waals surface area (Å²) < 4.78 is 32.7. The first-order valence-corrected chi connectivity index (χ1v) is 13.0. The summed E-state index contributed by atoms with van der Waals surface area (Å²) in [7, 11) is -0.868. The van der Waals surface area contributed by atoms with Gasteiger partial charge in [0.15, 0.2) is 0 Å². The van der Waals surface area contributed by atoms with Crippen LogP contribution in [0.2, 0.25) is 0 Å². The summed E-state index contributed by atoms with van der Waals surface area (Å²) in [5.41, 5.74) is 1.17. The lowest BCUT2D eigenvalue weighted by Gasteiger charge is -2.29. The number of carbonyl (C=O) groups is 2. The van der Waals surface area contributed by atoms with Gasteiger partial charge in [0.2, 0.25) is 5.91 Å². The molecule has 2 aromatic carbocycles. The summed E-state index contributed by atoms with van der Waals surface area (Å²) in [6.07, 6.45) is 5.78. The summed E-state index contributed by atoms with van der Waals surface area (Å²) in [5, 5.41) is 2.64. The van der Waals surface area contributed by atoms with Crippen LogP contribution in [-0.2, 0) is 14.8 Å². The Morgan fingerprint density at radius 3 is 2.35 bits per heavy atom. The topological polar surface area (TPSA) is 105 Å². The molecule has 34 heavy (non-hydrogen) atoms. The molecule has 0 aliphatic heterocycles. The third-order valence-corrected chi connectivity index (χ3v) is 7.79. The van der Waals surface area contributed by atoms with E-state index >= 15 is 0 Å². The van der Waals surface area contributed by atoms with Crippen LogP contribution in [0.15, 0.2) is 53.4 Å². The molecule has 3 amide bonds. The van der Waals surface area contributed by atoms with Crippen LogP contribution < -0.4 is 19.7 Å². The molecule has 0 saturated heterocycles. The maximum absolute atomic E-state index is 13.4. The molecule has 0 radical (unpaired) electrons. The highest BCUT2D eigenvalue weighted by atomic mass is 32.2. The quantitative estimate of drug-likeness (QED) is 0.566. The fraction of sp³-hybridized carbons (Fsp3) is 0.440. The highest BCUT2D eigenvalue weighted by Gasteiger charge is 2.30. The SMILES string of the molecule is COc1ccc(N(C)C(=O)[C@H](CC2CCCCC2)NC(=O)NS(=O)(=O)c2ccccc2C)cc1.[HH].[HH]. The van der Waals surface area contributed by atoms with Gasteiger partial charge in [0, 0.05) is 15.6 Å². The van der Waals surface area contributed by atoms with Gasteiger partial charge in [-0.2, -0.15) is 0 Å². The van der Waals surface area contributed by atoms with Crippen molar-refractivity contribution < 1.29 is 25.6 Å². The first kappa shape index (κ1) is 25.6. The molecule has 1 atom stereocenters. The van der Waals surface area contributed by atoms with Gasteiger partial charge in [-0.15, -0.1) is 0 Å². The third kappa shape index (κ3) is 6.50. The minimum Gasteiger partial charge on any atom is -0.497 e. The number of nitrogens with one attached hydrogen (secondary N) is 2. The first-order chi connectivity index (χ1) is 16.2. The van der Waals surface area contributed by atoms with E-state index in [1.54, 1.807) is 63.5 Å². The number of benzene rings is 2. The molecule has 1 fully saturated rings. The van der Waals surface area contributed by atoms with Gasteiger partial charge in [0.25, 0.3) is 10.0 Å². The van der Waals surface area contributed by atoms with E-state index in [1.165, 1.54) is 17.4 Å². The number of hydrogen-bond acceptors (Lipinski definition) is 5. The lowest BCUT2D eigenvalue weighted by Crippen LogP contribution is -2.52. The number of methoxy groups -OCH3 is 1. The molecule has 0 spiro atoms. The van der Waals surface area contributed by atoms with Crippen molar-refractivity contribution in [2.45, 2.75) is 56.4 Å². The van der Waals surface area contributed by atoms with Gasteiger partial charge >= 0.3 is 6.03 Å². The predicted octanol–water partition coefficient (Wildman–Crippen LogP) is 4.49. The zero-order valence-electron chi connectivity index (χ0n) is 19.9. The highest BCUT2D eigenvalue weighted by molar-refractivity contribution is 7.90. The van der Waals surface area contributed by atoms with Crippen molar-refractivity contribution in [1.29, 1.82) is 0 Å². The second-order valence-electron chi connectivity index (χ2n) is 8.73. The molecule has 3 rings (SSSR count). The van der Waals surface area contributed by atoms with E-state index in [9.17, 15) is 18.0 Å². The normalized spacial score (nSPS) is 15.3. The minimum absolute atomic E-state index is 0. The Labute approximate surface area is 204 Å². The summed E-state index contributed by atoms with van der Waals surface area (Å²) >= 11 is 0. The number of aryl methyl sites for hydroxylation is 1. The van der Waals surface area contributed by atoms with Crippen LogP contribution in [0.3, 0.4) is 0 Å². The van der Waals surface area contributed by atoms with Crippen molar-refractivity contribution in [3.05, 3.63) is 54.1 Å². The molecule has 0 aromatic heterocycles. The lowest BCUT2D eigenvalue weighted by molar-refractivity contribution is -0.120. The van der Waals surface area contributed by atoms with E-state index in [4.69, 9.17) is 4.74 Å². The number of likely N-dealkylation sites (N-methyl/N-ethyl adjacent to an activating group) is 1. The van der Waals surface area contributed by atoms with Crippen LogP contribution in [0.1, 0.15) is 46.9 Å². The number of urea groups is 1. The average Bonchev–Trinajstić information content (AvgIpc) is 2.83. The fourth-order valence-electron chi connectivity index (χ4n) is 4.37. The number of anilines is 1. The van der Waals surface area contributed by atoms with Crippen molar-refractivity contribution in [2.75, 3.05) is 19.1 Å². The van der Waals surface area contributed by atoms with E-state index in [0.717, 1.165) is 25.7 Å². The van der Waals surface area contributed by atoms with Crippen LogP contribution in [0.25, 0.3) is 0 Å². The maximum Gasteiger partial charge on any atom is 0.329 e. The monoisotopic (exact) mass is 491 g/mol. The van der Waals surface area contributed by atoms with E-state index in [2.05, 4.69) is 10.0 Å². The molecule has 188 valence electrons. The van der Waals surface area contributed by atoms with E-state index in [0.29, 0.717) is 29.3 Å². The van der Waals surface area contributed by atoms with Crippen molar-refractivity contribution in [3.63, 3.8) is 0 Å². The Morgan fingerprint density at radius 2 is 1.74 bits per heavy atom. The number of rotatable bonds is 8. The van der Waals surface area contributed by atoms with Crippen molar-refractivity contribution in [3.8, 4) is 5.75 Å². The minimum atomic E-state index is -4.08. The number of amides is 3. The number of ether oxygens (including phenoxy) is 1. The standard InChI is InChI=1S/C25H33N3O5S.2H2/c1-18-9-7-8-12-23(18)34(31,32)27-25(30)26-22(17-19-10-5-4-6-11-19)24(29)28(2)20-13-15-21(33-3)16-14-20;;/h7-9,12-16,19,22H,4-6,10-11,17H2,1-3H3,(H2,26,27,30);2*1H/t22-;;/m0../s1. The summed E-state index contributed by atoms with van der Waals surface area (Å²) in [6.45, 7) is 1.66. The smallest absolute Gasteiger partial charge is 0.329 e. The van der Waals surface area contributed by atoms with Crippen LogP contribution >= 0.6 is 0 Å². The van der Waals surface area contributed by atoms with Crippen LogP contribution in [-0.4, -0.2) is 40.6 Å². The van der Waals surface area contributed by atoms with Crippen LogP contribution in [0, 0.1) is 12.8 Å². The largest absolute Gasteiger partial charge is 0.497 e. The van der Waals surface area contributed by atoms with Gasteiger partial charge < -0.3 is 15.0 Å². The Kier molecular flexibility index (Phi) is 8.55. The molecular formula is C25H37N3O5S. The second-order valence-corrected chi connectivity index (χ2v) is 10.4. The molecule has 2 N–H and O–H groups in total. The summed E-state index contributed by atoms with van der Waals surface area (Å²) in [4.78, 5) is 27.7. The molecule has 1 aliphatic rings. The molecule has 0 unspecified atom stereocenters. The molecule has 2 aromatic rings. The number of hydrogen-bond donors (Lipinski definition) is 2. The first-order valence-electron chi connectivity index (χ1n) is 11.5. The molecule has 0 heterocycles. The molecule has 1 saturated carbocycles. The van der Waals surface area contributed by atoms with E-state index < -0.39 is 22.1 Å². The maximum atomic E-state index is 13.4. The van der Waals surface area contributed by atoms with E-state index in [1.807, 2.05) is 0 Å². The van der Waals surface area contributed by atoms with Crippen LogP contribution in [0.4, 0.5) is 10.5 Å². The Hall–Kier alpha value is -3.07. The fourth-order valence-corrected chi connectivity index (χ4v) is 5.53. The molecule has 8 nitrogen and oxygen atoms in total. The lowest BCUT2D eigenvalue weighted by atomic mass is 9.84. The van der Waals surface area contributed by atoms with E-state index in [-0.39, 0.29) is 13.7 Å². The second kappa shape index (κ2) is 11.4. The van der Waals surface area contributed by atoms with Gasteiger partial charge in [0.05, 0.1) is 12.0 Å². The average molecular weight is 492 g/mol. The number of nitrogens with zero attached hydrogens (tertiary/aromatic N) is 1. The van der Waals surface area contributed by atoms with Gasteiger partial charge in [-0.05, 0) is 55.2 Å². The van der Waals surface area contributed by atoms with Crippen LogP contribution in [0.5, 0.6) is 5.75 Å². The number of sulfonamides is 1. The van der Waals surface area contributed by atoms with Crippen molar-refractivity contribution in [1.82, 2.24) is 10.0 Å². The Balaban J connectivity index is 0.00000324. The highest BCUT2D eigenvalue weighted by Crippen LogP contribution is 2.28. The summed E-state index contributed by atoms with van der Waals surface area (Å²) in [5.74, 6) is 0.654. The molecule has 9 heteroatoms. The molecule has 1 aliphatic carbocycles. The van der Waals surface area contributed by atoms with Gasteiger partial charge in [-0.25, -0.2) is 17.9 Å². The third-order valence-electron chi connectivity index (χ3n) is 6.30.